The number of imidazole rings is 1. The summed E-state index contributed by atoms with van der Waals surface area (Å²) in [7, 11) is 0. The maximum atomic E-state index is 11.3. The number of rotatable bonds is 9. The Hall–Kier alpha value is -5.48. The third-order valence-electron chi connectivity index (χ3n) is 10.2. The fraction of sp³-hybridized carbons (Fsp3) is 0.250. The van der Waals surface area contributed by atoms with Crippen molar-refractivity contribution in [3.63, 3.8) is 0 Å². The lowest BCUT2D eigenvalue weighted by molar-refractivity contribution is 0.477. The summed E-state index contributed by atoms with van der Waals surface area (Å²) in [6, 6.07) is 42.5. The van der Waals surface area contributed by atoms with Gasteiger partial charge in [-0.2, -0.15) is 0 Å². The molecule has 0 fully saturated rings. The van der Waals surface area contributed by atoms with Crippen molar-refractivity contribution in [3.8, 4) is 56.5 Å². The van der Waals surface area contributed by atoms with Gasteiger partial charge in [0.25, 0.3) is 0 Å². The number of aromatic nitrogens is 3. The van der Waals surface area contributed by atoms with Crippen molar-refractivity contribution in [2.75, 3.05) is 0 Å². The molecule has 2 heterocycles. The standard InChI is InChI=1S/C48H49N3O/c1-29(2)34-24-35(30(3)4)26-36(25-34)37-27-42(33-16-10-9-11-17-33)49-43(28-37)40-21-15-22-44-46(40)50-48(41-18-12-13-23-45(41)52)51(44)47-38(31(5)6)19-14-20-39(47)32(7)8/h9-32,52H,1-8H3. The van der Waals surface area contributed by atoms with Crippen molar-refractivity contribution in [2.45, 2.75) is 79.1 Å². The molecule has 0 unspecified atom stereocenters. The zero-order valence-electron chi connectivity index (χ0n) is 31.6. The van der Waals surface area contributed by atoms with E-state index in [1.165, 1.54) is 27.8 Å². The van der Waals surface area contributed by atoms with Crippen molar-refractivity contribution in [1.82, 2.24) is 14.5 Å². The molecule has 0 spiro atoms. The lowest BCUT2D eigenvalue weighted by Crippen LogP contribution is -2.08. The van der Waals surface area contributed by atoms with E-state index in [-0.39, 0.29) is 17.6 Å². The lowest BCUT2D eigenvalue weighted by atomic mass is 9.90. The van der Waals surface area contributed by atoms with E-state index in [4.69, 9.17) is 9.97 Å². The van der Waals surface area contributed by atoms with Crippen LogP contribution in [0.2, 0.25) is 0 Å². The van der Waals surface area contributed by atoms with Crippen molar-refractivity contribution in [2.24, 2.45) is 0 Å². The molecule has 0 aliphatic rings. The maximum Gasteiger partial charge on any atom is 0.149 e. The molecule has 7 rings (SSSR count). The van der Waals surface area contributed by atoms with E-state index in [1.807, 2.05) is 24.3 Å². The molecule has 0 atom stereocenters. The van der Waals surface area contributed by atoms with E-state index in [2.05, 4.69) is 151 Å². The average Bonchev–Trinajstić information content (AvgIpc) is 3.53. The summed E-state index contributed by atoms with van der Waals surface area (Å²) in [5.41, 5.74) is 14.9. The number of hydrogen-bond acceptors (Lipinski definition) is 3. The molecule has 0 aliphatic heterocycles. The SMILES string of the molecule is CC(C)c1cc(-c2cc(-c3ccccc3)nc(-c3cccc4c3nc(-c3ccccc3O)n4-c3c(C(C)C)cccc3C(C)C)c2)cc(C(C)C)c1. The van der Waals surface area contributed by atoms with Gasteiger partial charge in [0.15, 0.2) is 0 Å². The Balaban J connectivity index is 1.56. The van der Waals surface area contributed by atoms with Gasteiger partial charge in [0.1, 0.15) is 11.6 Å². The monoisotopic (exact) mass is 683 g/mol. The van der Waals surface area contributed by atoms with E-state index in [1.54, 1.807) is 6.07 Å². The molecule has 0 aliphatic carbocycles. The number of phenolic OH excluding ortho intramolecular Hbond substituents is 1. The fourth-order valence-corrected chi connectivity index (χ4v) is 7.25. The minimum Gasteiger partial charge on any atom is -0.507 e. The van der Waals surface area contributed by atoms with Crippen LogP contribution in [0.3, 0.4) is 0 Å². The Morgan fingerprint density at radius 2 is 1.04 bits per heavy atom. The van der Waals surface area contributed by atoms with Gasteiger partial charge in [-0.3, -0.25) is 4.57 Å². The second kappa shape index (κ2) is 14.3. The maximum absolute atomic E-state index is 11.3. The topological polar surface area (TPSA) is 50.9 Å². The minimum absolute atomic E-state index is 0.200. The molecule has 1 N–H and O–H groups in total. The molecular formula is C48H49N3O. The van der Waals surface area contributed by atoms with Gasteiger partial charge in [-0.05, 0) is 87.4 Å². The van der Waals surface area contributed by atoms with Crippen molar-refractivity contribution >= 4 is 11.0 Å². The van der Waals surface area contributed by atoms with Gasteiger partial charge in [0.2, 0.25) is 0 Å². The van der Waals surface area contributed by atoms with Crippen LogP contribution in [0.5, 0.6) is 5.75 Å². The molecule has 0 radical (unpaired) electrons. The predicted octanol–water partition coefficient (Wildman–Crippen LogP) is 13.3. The van der Waals surface area contributed by atoms with Gasteiger partial charge in [0.05, 0.1) is 33.7 Å². The molecule has 262 valence electrons. The highest BCUT2D eigenvalue weighted by Gasteiger charge is 2.25. The Morgan fingerprint density at radius 3 is 1.65 bits per heavy atom. The molecule has 0 bridgehead atoms. The van der Waals surface area contributed by atoms with Crippen LogP contribution in [0, 0.1) is 0 Å². The second-order valence-corrected chi connectivity index (χ2v) is 15.2. The Kier molecular flexibility index (Phi) is 9.59. The summed E-state index contributed by atoms with van der Waals surface area (Å²) in [5, 5.41) is 11.3. The third-order valence-corrected chi connectivity index (χ3v) is 10.2. The first-order valence-corrected chi connectivity index (χ1v) is 18.7. The molecule has 7 aromatic rings. The van der Waals surface area contributed by atoms with Crippen LogP contribution in [-0.2, 0) is 0 Å². The fourth-order valence-electron chi connectivity index (χ4n) is 7.25. The molecule has 0 saturated heterocycles. The van der Waals surface area contributed by atoms with Crippen LogP contribution >= 0.6 is 0 Å². The Labute approximate surface area is 308 Å². The first kappa shape index (κ1) is 34.9. The first-order valence-electron chi connectivity index (χ1n) is 18.7. The molecule has 2 aromatic heterocycles. The zero-order valence-corrected chi connectivity index (χ0v) is 31.6. The zero-order chi connectivity index (χ0) is 36.7. The predicted molar refractivity (Wildman–Crippen MR) is 219 cm³/mol. The van der Waals surface area contributed by atoms with E-state index in [0.717, 1.165) is 44.8 Å². The molecule has 4 nitrogen and oxygen atoms in total. The summed E-state index contributed by atoms with van der Waals surface area (Å²) in [4.78, 5) is 10.8. The van der Waals surface area contributed by atoms with Crippen LogP contribution in [0.4, 0.5) is 0 Å². The van der Waals surface area contributed by atoms with Gasteiger partial charge in [-0.25, -0.2) is 9.97 Å². The van der Waals surface area contributed by atoms with Crippen LogP contribution < -0.4 is 0 Å². The molecule has 5 aromatic carbocycles. The third kappa shape index (κ3) is 6.54. The molecular weight excluding hydrogens is 635 g/mol. The van der Waals surface area contributed by atoms with E-state index >= 15 is 0 Å². The number of phenols is 1. The van der Waals surface area contributed by atoms with E-state index in [0.29, 0.717) is 23.2 Å². The summed E-state index contributed by atoms with van der Waals surface area (Å²) >= 11 is 0. The Bertz CT molecular complexity index is 2330. The highest BCUT2D eigenvalue weighted by molar-refractivity contribution is 5.96. The molecule has 4 heteroatoms. The highest BCUT2D eigenvalue weighted by atomic mass is 16.3. The minimum atomic E-state index is 0.200. The first-order chi connectivity index (χ1) is 25.0. The highest BCUT2D eigenvalue weighted by Crippen LogP contribution is 2.42. The van der Waals surface area contributed by atoms with Gasteiger partial charge < -0.3 is 5.11 Å². The second-order valence-electron chi connectivity index (χ2n) is 15.2. The van der Waals surface area contributed by atoms with E-state index < -0.39 is 0 Å². The van der Waals surface area contributed by atoms with Crippen molar-refractivity contribution in [1.29, 1.82) is 0 Å². The van der Waals surface area contributed by atoms with Gasteiger partial charge in [-0.1, -0.05) is 146 Å². The number of aromatic hydroxyl groups is 1. The smallest absolute Gasteiger partial charge is 0.149 e. The van der Waals surface area contributed by atoms with Gasteiger partial charge in [0, 0.05) is 11.1 Å². The van der Waals surface area contributed by atoms with Crippen LogP contribution in [0.15, 0.2) is 121 Å². The summed E-state index contributed by atoms with van der Waals surface area (Å²) in [6.07, 6.45) is 0. The number of nitrogens with zero attached hydrogens (tertiary/aromatic N) is 3. The normalized spacial score (nSPS) is 11.8. The van der Waals surface area contributed by atoms with Crippen LogP contribution in [0.25, 0.3) is 61.8 Å². The number of benzene rings is 5. The van der Waals surface area contributed by atoms with Gasteiger partial charge in [-0.15, -0.1) is 0 Å². The summed E-state index contributed by atoms with van der Waals surface area (Å²) in [5.74, 6) is 2.27. The quantitative estimate of drug-likeness (QED) is 0.165. The average molecular weight is 684 g/mol. The number of pyridine rings is 1. The largest absolute Gasteiger partial charge is 0.507 e. The van der Waals surface area contributed by atoms with Crippen molar-refractivity contribution in [3.05, 3.63) is 144 Å². The summed E-state index contributed by atoms with van der Waals surface area (Å²) in [6.45, 7) is 18.0. The lowest BCUT2D eigenvalue weighted by Gasteiger charge is -2.22. The van der Waals surface area contributed by atoms with E-state index in [9.17, 15) is 5.11 Å². The summed E-state index contributed by atoms with van der Waals surface area (Å²) < 4.78 is 2.28. The van der Waals surface area contributed by atoms with Crippen LogP contribution in [0.1, 0.15) is 101 Å². The Morgan fingerprint density at radius 1 is 0.481 bits per heavy atom. The number of hydrogen-bond donors (Lipinski definition) is 1. The molecule has 52 heavy (non-hydrogen) atoms. The van der Waals surface area contributed by atoms with Crippen LogP contribution in [-0.4, -0.2) is 19.6 Å². The van der Waals surface area contributed by atoms with Crippen molar-refractivity contribution < 1.29 is 5.11 Å². The van der Waals surface area contributed by atoms with Gasteiger partial charge >= 0.3 is 0 Å². The molecule has 0 amide bonds. The number of para-hydroxylation sites is 3. The number of fused-ring (bicyclic) bond motifs is 1. The molecule has 0 saturated carbocycles.